The SMILES string of the molecule is CNc1ccccc1C(=O)CBr. The lowest BCUT2D eigenvalue weighted by atomic mass is 10.1. The van der Waals surface area contributed by atoms with Crippen LogP contribution in [0.3, 0.4) is 0 Å². The van der Waals surface area contributed by atoms with Crippen molar-refractivity contribution < 1.29 is 4.79 Å². The Labute approximate surface area is 80.1 Å². The van der Waals surface area contributed by atoms with E-state index in [1.165, 1.54) is 0 Å². The van der Waals surface area contributed by atoms with E-state index in [9.17, 15) is 4.79 Å². The fraction of sp³-hybridized carbons (Fsp3) is 0.222. The third kappa shape index (κ3) is 1.85. The molecule has 0 fully saturated rings. The average Bonchev–Trinajstić information content (AvgIpc) is 2.16. The number of hydrogen-bond acceptors (Lipinski definition) is 2. The molecule has 1 aromatic rings. The molecule has 0 bridgehead atoms. The molecule has 1 N–H and O–H groups in total. The van der Waals surface area contributed by atoms with Crippen molar-refractivity contribution in [1.29, 1.82) is 0 Å². The van der Waals surface area contributed by atoms with Crippen molar-refractivity contribution in [2.75, 3.05) is 17.7 Å². The van der Waals surface area contributed by atoms with Gasteiger partial charge in [-0.2, -0.15) is 0 Å². The minimum Gasteiger partial charge on any atom is -0.388 e. The highest BCUT2D eigenvalue weighted by Crippen LogP contribution is 2.15. The smallest absolute Gasteiger partial charge is 0.175 e. The van der Waals surface area contributed by atoms with E-state index >= 15 is 0 Å². The van der Waals surface area contributed by atoms with E-state index in [-0.39, 0.29) is 5.78 Å². The Morgan fingerprint density at radius 1 is 1.50 bits per heavy atom. The zero-order valence-corrected chi connectivity index (χ0v) is 8.39. The second-order valence-corrected chi connectivity index (χ2v) is 2.91. The van der Waals surface area contributed by atoms with E-state index < -0.39 is 0 Å². The van der Waals surface area contributed by atoms with Gasteiger partial charge in [0.1, 0.15) is 0 Å². The molecule has 0 saturated carbocycles. The number of rotatable bonds is 3. The largest absolute Gasteiger partial charge is 0.388 e. The molecule has 0 atom stereocenters. The lowest BCUT2D eigenvalue weighted by Crippen LogP contribution is -2.04. The van der Waals surface area contributed by atoms with Gasteiger partial charge in [0.2, 0.25) is 0 Å². The topological polar surface area (TPSA) is 29.1 Å². The fourth-order valence-electron chi connectivity index (χ4n) is 1.02. The molecule has 0 saturated heterocycles. The van der Waals surface area contributed by atoms with Gasteiger partial charge in [-0.3, -0.25) is 4.79 Å². The lowest BCUT2D eigenvalue weighted by molar-refractivity contribution is 0.102. The van der Waals surface area contributed by atoms with Crippen LogP contribution in [0.25, 0.3) is 0 Å². The number of hydrogen-bond donors (Lipinski definition) is 1. The van der Waals surface area contributed by atoms with Crippen molar-refractivity contribution in [1.82, 2.24) is 0 Å². The third-order valence-corrected chi connectivity index (χ3v) is 2.13. The van der Waals surface area contributed by atoms with Crippen LogP contribution in [-0.4, -0.2) is 18.2 Å². The van der Waals surface area contributed by atoms with E-state index in [4.69, 9.17) is 0 Å². The number of benzene rings is 1. The van der Waals surface area contributed by atoms with Crippen LogP contribution in [0.5, 0.6) is 0 Å². The van der Waals surface area contributed by atoms with Gasteiger partial charge in [0.25, 0.3) is 0 Å². The number of alkyl halides is 1. The quantitative estimate of drug-likeness (QED) is 0.635. The van der Waals surface area contributed by atoms with Gasteiger partial charge in [-0.25, -0.2) is 0 Å². The van der Waals surface area contributed by atoms with Crippen LogP contribution in [0.4, 0.5) is 5.69 Å². The average molecular weight is 228 g/mol. The summed E-state index contributed by atoms with van der Waals surface area (Å²) < 4.78 is 0. The summed E-state index contributed by atoms with van der Waals surface area (Å²) in [7, 11) is 1.81. The number of para-hydroxylation sites is 1. The summed E-state index contributed by atoms with van der Waals surface area (Å²) in [4.78, 5) is 11.3. The molecular weight excluding hydrogens is 218 g/mol. The van der Waals surface area contributed by atoms with Crippen molar-refractivity contribution in [3.05, 3.63) is 29.8 Å². The number of anilines is 1. The number of nitrogens with one attached hydrogen (secondary N) is 1. The van der Waals surface area contributed by atoms with E-state index in [1.54, 1.807) is 7.05 Å². The minimum atomic E-state index is 0.0972. The predicted molar refractivity (Wildman–Crippen MR) is 54.1 cm³/mol. The number of carbonyl (C=O) groups excluding carboxylic acids is 1. The molecule has 1 rings (SSSR count). The number of ketones is 1. The zero-order valence-electron chi connectivity index (χ0n) is 6.80. The van der Waals surface area contributed by atoms with Crippen LogP contribution in [0.15, 0.2) is 24.3 Å². The Morgan fingerprint density at radius 2 is 2.17 bits per heavy atom. The number of Topliss-reactive ketones (excluding diaryl/α,β-unsaturated/α-hetero) is 1. The second-order valence-electron chi connectivity index (χ2n) is 2.35. The minimum absolute atomic E-state index is 0.0972. The number of carbonyl (C=O) groups is 1. The molecule has 0 heterocycles. The highest BCUT2D eigenvalue weighted by molar-refractivity contribution is 9.09. The molecule has 0 radical (unpaired) electrons. The van der Waals surface area contributed by atoms with Gasteiger partial charge >= 0.3 is 0 Å². The first kappa shape index (κ1) is 9.26. The molecule has 0 aromatic heterocycles. The molecule has 64 valence electrons. The first-order valence-electron chi connectivity index (χ1n) is 3.65. The molecule has 0 spiro atoms. The molecule has 3 heteroatoms. The van der Waals surface area contributed by atoms with Gasteiger partial charge in [0.15, 0.2) is 5.78 Å². The first-order chi connectivity index (χ1) is 5.79. The van der Waals surface area contributed by atoms with Gasteiger partial charge in [-0.1, -0.05) is 28.1 Å². The van der Waals surface area contributed by atoms with Crippen LogP contribution in [0.2, 0.25) is 0 Å². The third-order valence-electron chi connectivity index (χ3n) is 1.62. The first-order valence-corrected chi connectivity index (χ1v) is 4.77. The molecule has 0 aliphatic carbocycles. The van der Waals surface area contributed by atoms with Crippen LogP contribution in [-0.2, 0) is 0 Å². The molecule has 1 aromatic carbocycles. The normalized spacial score (nSPS) is 9.50. The van der Waals surface area contributed by atoms with Crippen molar-refractivity contribution in [2.24, 2.45) is 0 Å². The van der Waals surface area contributed by atoms with Crippen LogP contribution in [0, 0.1) is 0 Å². The Morgan fingerprint density at radius 3 is 2.75 bits per heavy atom. The van der Waals surface area contributed by atoms with Gasteiger partial charge in [0, 0.05) is 18.3 Å². The predicted octanol–water partition coefficient (Wildman–Crippen LogP) is 2.31. The van der Waals surface area contributed by atoms with Gasteiger partial charge in [-0.05, 0) is 12.1 Å². The molecule has 0 aliphatic heterocycles. The van der Waals surface area contributed by atoms with E-state index in [0.29, 0.717) is 5.33 Å². The highest BCUT2D eigenvalue weighted by Gasteiger charge is 2.06. The van der Waals surface area contributed by atoms with Crippen LogP contribution >= 0.6 is 15.9 Å². The van der Waals surface area contributed by atoms with E-state index in [1.807, 2.05) is 24.3 Å². The molecule has 0 unspecified atom stereocenters. The molecular formula is C9H10BrNO. The van der Waals surface area contributed by atoms with Crippen molar-refractivity contribution in [3.63, 3.8) is 0 Å². The lowest BCUT2D eigenvalue weighted by Gasteiger charge is -2.05. The summed E-state index contributed by atoms with van der Waals surface area (Å²) >= 11 is 3.14. The Kier molecular flexibility index (Phi) is 3.29. The Balaban J connectivity index is 3.04. The fourth-order valence-corrected chi connectivity index (χ4v) is 1.32. The highest BCUT2D eigenvalue weighted by atomic mass is 79.9. The van der Waals surface area contributed by atoms with Gasteiger partial charge in [0.05, 0.1) is 5.33 Å². The summed E-state index contributed by atoms with van der Waals surface area (Å²) in [6.07, 6.45) is 0. The van der Waals surface area contributed by atoms with E-state index in [2.05, 4.69) is 21.2 Å². The summed E-state index contributed by atoms with van der Waals surface area (Å²) in [5.41, 5.74) is 1.61. The summed E-state index contributed by atoms with van der Waals surface area (Å²) in [6.45, 7) is 0. The molecule has 2 nitrogen and oxygen atoms in total. The van der Waals surface area contributed by atoms with Crippen LogP contribution < -0.4 is 5.32 Å². The summed E-state index contributed by atoms with van der Waals surface area (Å²) in [6, 6.07) is 7.46. The van der Waals surface area contributed by atoms with Crippen molar-refractivity contribution in [2.45, 2.75) is 0 Å². The standard InChI is InChI=1S/C9H10BrNO/c1-11-8-5-3-2-4-7(8)9(12)6-10/h2-5,11H,6H2,1H3. The Bertz CT molecular complexity index is 286. The monoisotopic (exact) mass is 227 g/mol. The maximum atomic E-state index is 11.3. The van der Waals surface area contributed by atoms with Crippen molar-refractivity contribution >= 4 is 27.4 Å². The Hall–Kier alpha value is -0.830. The molecule has 0 amide bonds. The summed E-state index contributed by atoms with van der Waals surface area (Å²) in [5, 5.41) is 3.34. The maximum absolute atomic E-state index is 11.3. The van der Waals surface area contributed by atoms with Crippen molar-refractivity contribution in [3.8, 4) is 0 Å². The van der Waals surface area contributed by atoms with E-state index in [0.717, 1.165) is 11.3 Å². The summed E-state index contributed by atoms with van der Waals surface area (Å²) in [5.74, 6) is 0.0972. The zero-order chi connectivity index (χ0) is 8.97. The molecule has 12 heavy (non-hydrogen) atoms. The number of halogens is 1. The molecule has 0 aliphatic rings. The maximum Gasteiger partial charge on any atom is 0.175 e. The second kappa shape index (κ2) is 4.26. The van der Waals surface area contributed by atoms with Crippen LogP contribution in [0.1, 0.15) is 10.4 Å². The van der Waals surface area contributed by atoms with Gasteiger partial charge in [-0.15, -0.1) is 0 Å². The van der Waals surface area contributed by atoms with Gasteiger partial charge < -0.3 is 5.32 Å².